The lowest BCUT2D eigenvalue weighted by molar-refractivity contribution is 0.0948. The summed E-state index contributed by atoms with van der Waals surface area (Å²) in [5.41, 5.74) is 0.601. The molecule has 0 radical (unpaired) electrons. The molecule has 0 fully saturated rings. The summed E-state index contributed by atoms with van der Waals surface area (Å²) >= 11 is 5.89. The van der Waals surface area contributed by atoms with Crippen LogP contribution in [-0.4, -0.2) is 31.8 Å². The topological polar surface area (TPSA) is 81.8 Å². The van der Waals surface area contributed by atoms with E-state index in [-0.39, 0.29) is 41.6 Å². The first kappa shape index (κ1) is 20.7. The average Bonchev–Trinajstić information content (AvgIpc) is 3.15. The van der Waals surface area contributed by atoms with Crippen LogP contribution in [0.2, 0.25) is 5.02 Å². The molecule has 0 atom stereocenters. The highest BCUT2D eigenvalue weighted by Crippen LogP contribution is 2.18. The van der Waals surface area contributed by atoms with Gasteiger partial charge >= 0.3 is 0 Å². The number of rotatable bonds is 6. The quantitative estimate of drug-likeness (QED) is 0.496. The number of hydrogen-bond acceptors (Lipinski definition) is 4. The average molecular weight is 444 g/mol. The van der Waals surface area contributed by atoms with Crippen LogP contribution in [0.4, 0.5) is 8.78 Å². The maximum atomic E-state index is 13.8. The van der Waals surface area contributed by atoms with E-state index < -0.39 is 11.7 Å². The Labute approximate surface area is 179 Å². The molecule has 31 heavy (non-hydrogen) atoms. The van der Waals surface area contributed by atoms with Gasteiger partial charge in [-0.05, 0) is 29.8 Å². The number of hydrogen-bond donors (Lipinski definition) is 1. The largest absolute Gasteiger partial charge is 0.350 e. The highest BCUT2D eigenvalue weighted by atomic mass is 35.5. The molecule has 0 aliphatic rings. The molecule has 0 unspecified atom stereocenters. The maximum absolute atomic E-state index is 13.8. The SMILES string of the molecule is O=C(NCCn1ncc2c(=O)n(Cc3ccc(F)cc3)cnc21)c1c(F)cccc1Cl. The standard InChI is InChI=1S/C21H16ClF2N5O2/c22-16-2-1-3-17(24)18(16)20(30)25-8-9-29-19-15(10-27-29)21(31)28(12-26-19)11-13-4-6-14(23)7-5-13/h1-7,10,12H,8-9,11H2,(H,25,30). The van der Waals surface area contributed by atoms with E-state index >= 15 is 0 Å². The molecular weight excluding hydrogens is 428 g/mol. The van der Waals surface area contributed by atoms with Crippen LogP contribution in [0.1, 0.15) is 15.9 Å². The molecule has 0 bridgehead atoms. The third-order valence-electron chi connectivity index (χ3n) is 4.69. The minimum absolute atomic E-state index is 0.0189. The lowest BCUT2D eigenvalue weighted by atomic mass is 10.2. The van der Waals surface area contributed by atoms with Crippen molar-refractivity contribution in [3.05, 3.63) is 93.1 Å². The molecule has 0 saturated carbocycles. The third kappa shape index (κ3) is 4.31. The Hall–Kier alpha value is -3.59. The second-order valence-electron chi connectivity index (χ2n) is 6.76. The van der Waals surface area contributed by atoms with Gasteiger partial charge in [0, 0.05) is 6.54 Å². The molecule has 0 aliphatic carbocycles. The first-order chi connectivity index (χ1) is 14.9. The molecule has 4 aromatic rings. The van der Waals surface area contributed by atoms with E-state index in [1.807, 2.05) is 0 Å². The Morgan fingerprint density at radius 2 is 1.90 bits per heavy atom. The Balaban J connectivity index is 1.47. The van der Waals surface area contributed by atoms with Crippen molar-refractivity contribution in [1.29, 1.82) is 0 Å². The van der Waals surface area contributed by atoms with Crippen LogP contribution in [0, 0.1) is 11.6 Å². The second-order valence-corrected chi connectivity index (χ2v) is 7.17. The summed E-state index contributed by atoms with van der Waals surface area (Å²) in [5.74, 6) is -1.71. The van der Waals surface area contributed by atoms with Gasteiger partial charge in [0.2, 0.25) is 0 Å². The van der Waals surface area contributed by atoms with Crippen molar-refractivity contribution in [2.45, 2.75) is 13.1 Å². The summed E-state index contributed by atoms with van der Waals surface area (Å²) in [6.45, 7) is 0.586. The van der Waals surface area contributed by atoms with Gasteiger partial charge in [-0.3, -0.25) is 14.2 Å². The van der Waals surface area contributed by atoms with Crippen LogP contribution in [0.5, 0.6) is 0 Å². The Morgan fingerprint density at radius 3 is 2.65 bits per heavy atom. The van der Waals surface area contributed by atoms with E-state index in [0.717, 1.165) is 11.6 Å². The number of halogens is 3. The van der Waals surface area contributed by atoms with Gasteiger partial charge in [0.15, 0.2) is 5.65 Å². The molecule has 0 aliphatic heterocycles. The van der Waals surface area contributed by atoms with Crippen molar-refractivity contribution in [3.63, 3.8) is 0 Å². The van der Waals surface area contributed by atoms with Gasteiger partial charge in [-0.2, -0.15) is 5.10 Å². The summed E-state index contributed by atoms with van der Waals surface area (Å²) in [6, 6.07) is 9.85. The number of amides is 1. The number of carbonyl (C=O) groups excluding carboxylic acids is 1. The van der Waals surface area contributed by atoms with E-state index in [4.69, 9.17) is 11.6 Å². The Kier molecular flexibility index (Phi) is 5.77. The fourth-order valence-corrected chi connectivity index (χ4v) is 3.39. The van der Waals surface area contributed by atoms with Crippen molar-refractivity contribution in [2.24, 2.45) is 0 Å². The number of carbonyl (C=O) groups is 1. The zero-order chi connectivity index (χ0) is 22.0. The number of nitrogens with one attached hydrogen (secondary N) is 1. The predicted octanol–water partition coefficient (Wildman–Crippen LogP) is 3.00. The maximum Gasteiger partial charge on any atom is 0.264 e. The van der Waals surface area contributed by atoms with Crippen molar-refractivity contribution in [3.8, 4) is 0 Å². The minimum atomic E-state index is -0.710. The third-order valence-corrected chi connectivity index (χ3v) is 5.00. The molecule has 4 rings (SSSR count). The van der Waals surface area contributed by atoms with Gasteiger partial charge < -0.3 is 5.32 Å². The monoisotopic (exact) mass is 443 g/mol. The number of benzene rings is 2. The number of nitrogens with zero attached hydrogens (tertiary/aromatic N) is 4. The molecular formula is C21H16ClF2N5O2. The fourth-order valence-electron chi connectivity index (χ4n) is 3.14. The van der Waals surface area contributed by atoms with Crippen molar-refractivity contribution in [2.75, 3.05) is 6.54 Å². The number of aromatic nitrogens is 4. The van der Waals surface area contributed by atoms with Crippen LogP contribution in [-0.2, 0) is 13.1 Å². The molecule has 2 aromatic carbocycles. The molecule has 158 valence electrons. The summed E-state index contributed by atoms with van der Waals surface area (Å²) in [4.78, 5) is 29.2. The van der Waals surface area contributed by atoms with E-state index in [1.54, 1.807) is 12.1 Å². The second kappa shape index (κ2) is 8.65. The van der Waals surface area contributed by atoms with Crippen molar-refractivity contribution >= 4 is 28.5 Å². The molecule has 0 saturated heterocycles. The highest BCUT2D eigenvalue weighted by Gasteiger charge is 2.16. The van der Waals surface area contributed by atoms with Crippen LogP contribution in [0.3, 0.4) is 0 Å². The van der Waals surface area contributed by atoms with E-state index in [0.29, 0.717) is 11.0 Å². The Bertz CT molecular complexity index is 1300. The summed E-state index contributed by atoms with van der Waals surface area (Å²) in [6.07, 6.45) is 2.80. The van der Waals surface area contributed by atoms with Crippen LogP contribution < -0.4 is 10.9 Å². The Morgan fingerprint density at radius 1 is 1.13 bits per heavy atom. The van der Waals surface area contributed by atoms with E-state index in [9.17, 15) is 18.4 Å². The zero-order valence-corrected chi connectivity index (χ0v) is 16.8. The lowest BCUT2D eigenvalue weighted by Gasteiger charge is -2.09. The van der Waals surface area contributed by atoms with Gasteiger partial charge in [0.25, 0.3) is 11.5 Å². The lowest BCUT2D eigenvalue weighted by Crippen LogP contribution is -2.28. The zero-order valence-electron chi connectivity index (χ0n) is 16.1. The predicted molar refractivity (Wildman–Crippen MR) is 111 cm³/mol. The molecule has 2 heterocycles. The van der Waals surface area contributed by atoms with E-state index in [1.165, 1.54) is 46.0 Å². The summed E-state index contributed by atoms with van der Waals surface area (Å²) in [7, 11) is 0. The smallest absolute Gasteiger partial charge is 0.264 e. The van der Waals surface area contributed by atoms with Crippen LogP contribution >= 0.6 is 11.6 Å². The van der Waals surface area contributed by atoms with Gasteiger partial charge in [0.1, 0.15) is 23.3 Å². The van der Waals surface area contributed by atoms with Gasteiger partial charge in [-0.25, -0.2) is 18.4 Å². The molecule has 0 spiro atoms. The summed E-state index contributed by atoms with van der Waals surface area (Å²) in [5, 5.41) is 7.07. The molecule has 2 aromatic heterocycles. The van der Waals surface area contributed by atoms with E-state index in [2.05, 4.69) is 15.4 Å². The van der Waals surface area contributed by atoms with Crippen molar-refractivity contribution in [1.82, 2.24) is 24.6 Å². The summed E-state index contributed by atoms with van der Waals surface area (Å²) < 4.78 is 29.8. The van der Waals surface area contributed by atoms with Gasteiger partial charge in [0.05, 0.1) is 29.9 Å². The van der Waals surface area contributed by atoms with Gasteiger partial charge in [-0.15, -0.1) is 0 Å². The van der Waals surface area contributed by atoms with Gasteiger partial charge in [-0.1, -0.05) is 29.8 Å². The fraction of sp³-hybridized carbons (Fsp3) is 0.143. The van der Waals surface area contributed by atoms with Crippen LogP contribution in [0.15, 0.2) is 59.8 Å². The molecule has 1 amide bonds. The molecule has 7 nitrogen and oxygen atoms in total. The minimum Gasteiger partial charge on any atom is -0.350 e. The molecule has 10 heteroatoms. The van der Waals surface area contributed by atoms with Crippen LogP contribution in [0.25, 0.3) is 11.0 Å². The number of fused-ring (bicyclic) bond motifs is 1. The normalized spacial score (nSPS) is 11.1. The first-order valence-corrected chi connectivity index (χ1v) is 9.69. The van der Waals surface area contributed by atoms with Crippen molar-refractivity contribution < 1.29 is 13.6 Å². The highest BCUT2D eigenvalue weighted by molar-refractivity contribution is 6.33. The molecule has 1 N–H and O–H groups in total. The first-order valence-electron chi connectivity index (χ1n) is 9.31.